The lowest BCUT2D eigenvalue weighted by molar-refractivity contribution is -0.154. The van der Waals surface area contributed by atoms with Crippen LogP contribution < -0.4 is 5.73 Å². The Hall–Kier alpha value is -0.810. The van der Waals surface area contributed by atoms with E-state index in [4.69, 9.17) is 10.5 Å². The van der Waals surface area contributed by atoms with Crippen molar-refractivity contribution in [2.45, 2.75) is 44.7 Å². The molecule has 6 heteroatoms. The second kappa shape index (κ2) is 7.50. The van der Waals surface area contributed by atoms with Crippen LogP contribution in [0.5, 0.6) is 0 Å². The van der Waals surface area contributed by atoms with E-state index >= 15 is 0 Å². The Labute approximate surface area is 108 Å². The van der Waals surface area contributed by atoms with Crippen molar-refractivity contribution in [2.75, 3.05) is 13.7 Å². The van der Waals surface area contributed by atoms with Crippen LogP contribution in [-0.2, 0) is 14.3 Å². The number of rotatable bonds is 3. The van der Waals surface area contributed by atoms with Gasteiger partial charge in [0.1, 0.15) is 6.04 Å². The van der Waals surface area contributed by atoms with Gasteiger partial charge < -0.3 is 15.4 Å². The van der Waals surface area contributed by atoms with Crippen molar-refractivity contribution in [1.29, 1.82) is 0 Å². The first kappa shape index (κ1) is 16.2. The van der Waals surface area contributed by atoms with Crippen LogP contribution in [0.25, 0.3) is 0 Å². The molecule has 0 bridgehead atoms. The topological polar surface area (TPSA) is 72.6 Å². The molecule has 1 amide bonds. The Kier molecular flexibility index (Phi) is 7.15. The number of ether oxygens (including phenoxy) is 1. The third-order valence-electron chi connectivity index (χ3n) is 2.79. The Morgan fingerprint density at radius 1 is 1.47 bits per heavy atom. The number of hydrogen-bond acceptors (Lipinski definition) is 4. The molecule has 1 aliphatic rings. The van der Waals surface area contributed by atoms with E-state index in [1.165, 1.54) is 7.11 Å². The molecule has 0 radical (unpaired) electrons. The van der Waals surface area contributed by atoms with Crippen molar-refractivity contribution in [2.24, 2.45) is 5.73 Å². The van der Waals surface area contributed by atoms with Crippen molar-refractivity contribution in [1.82, 2.24) is 4.90 Å². The zero-order valence-electron chi connectivity index (χ0n) is 10.3. The molecule has 0 saturated carbocycles. The lowest BCUT2D eigenvalue weighted by atomic mass is 10.0. The highest BCUT2D eigenvalue weighted by molar-refractivity contribution is 5.85. The first-order valence-electron chi connectivity index (χ1n) is 5.69. The van der Waals surface area contributed by atoms with E-state index in [2.05, 4.69) is 0 Å². The van der Waals surface area contributed by atoms with Gasteiger partial charge >= 0.3 is 5.97 Å². The monoisotopic (exact) mass is 264 g/mol. The minimum Gasteiger partial charge on any atom is -0.467 e. The molecule has 0 aromatic rings. The molecule has 0 spiro atoms. The van der Waals surface area contributed by atoms with Gasteiger partial charge in [-0.2, -0.15) is 0 Å². The zero-order valence-corrected chi connectivity index (χ0v) is 11.2. The first-order chi connectivity index (χ1) is 7.56. The maximum atomic E-state index is 11.9. The van der Waals surface area contributed by atoms with Gasteiger partial charge in [-0.05, 0) is 26.2 Å². The highest BCUT2D eigenvalue weighted by atomic mass is 35.5. The maximum absolute atomic E-state index is 11.9. The predicted octanol–water partition coefficient (Wildman–Crippen LogP) is 0.700. The number of carbonyl (C=O) groups is 2. The first-order valence-corrected chi connectivity index (χ1v) is 5.69. The summed E-state index contributed by atoms with van der Waals surface area (Å²) in [5.74, 6) is -0.372. The number of nitrogens with zero attached hydrogens (tertiary/aromatic N) is 1. The second-order valence-corrected chi connectivity index (χ2v) is 4.30. The van der Waals surface area contributed by atoms with Gasteiger partial charge in [0.15, 0.2) is 0 Å². The fourth-order valence-electron chi connectivity index (χ4n) is 2.00. The molecule has 2 atom stereocenters. The van der Waals surface area contributed by atoms with Crippen LogP contribution in [0.2, 0.25) is 0 Å². The van der Waals surface area contributed by atoms with Crippen molar-refractivity contribution in [3.63, 3.8) is 0 Å². The summed E-state index contributed by atoms with van der Waals surface area (Å²) in [6, 6.07) is -0.585. The summed E-state index contributed by atoms with van der Waals surface area (Å²) in [7, 11) is 1.35. The van der Waals surface area contributed by atoms with Crippen LogP contribution in [0.15, 0.2) is 0 Å². The van der Waals surface area contributed by atoms with Crippen molar-refractivity contribution >= 4 is 24.3 Å². The Bertz CT molecular complexity index is 271. The standard InChI is InChI=1S/C11H20N2O3.ClH/c1-8(12)7-10(14)13-6-4-3-5-9(13)11(15)16-2;/h8-9H,3-7,12H2,1-2H3;1H. The summed E-state index contributed by atoms with van der Waals surface area (Å²) in [6.07, 6.45) is 2.88. The number of hydrogen-bond donors (Lipinski definition) is 1. The van der Waals surface area contributed by atoms with Crippen LogP contribution >= 0.6 is 12.4 Å². The van der Waals surface area contributed by atoms with E-state index in [9.17, 15) is 9.59 Å². The molecular weight excluding hydrogens is 244 g/mol. The molecule has 2 N–H and O–H groups in total. The molecule has 5 nitrogen and oxygen atoms in total. The molecular formula is C11H21ClN2O3. The SMILES string of the molecule is COC(=O)C1CCCCN1C(=O)CC(C)N.Cl. The number of amides is 1. The minimum absolute atomic E-state index is 0. The third kappa shape index (κ3) is 4.52. The molecule has 100 valence electrons. The van der Waals surface area contributed by atoms with Crippen LogP contribution in [0, 0.1) is 0 Å². The second-order valence-electron chi connectivity index (χ2n) is 4.30. The summed E-state index contributed by atoms with van der Waals surface area (Å²) in [5.41, 5.74) is 5.59. The number of likely N-dealkylation sites (tertiary alicyclic amines) is 1. The van der Waals surface area contributed by atoms with E-state index in [0.29, 0.717) is 13.0 Å². The highest BCUT2D eigenvalue weighted by Crippen LogP contribution is 2.19. The van der Waals surface area contributed by atoms with Crippen molar-refractivity contribution in [3.05, 3.63) is 0 Å². The molecule has 1 fully saturated rings. The number of nitrogens with two attached hydrogens (primary N) is 1. The molecule has 0 aromatic carbocycles. The molecule has 1 aliphatic heterocycles. The van der Waals surface area contributed by atoms with E-state index in [0.717, 1.165) is 12.8 Å². The van der Waals surface area contributed by atoms with Gasteiger partial charge in [0.25, 0.3) is 0 Å². The lowest BCUT2D eigenvalue weighted by Crippen LogP contribution is -2.49. The third-order valence-corrected chi connectivity index (χ3v) is 2.79. The van der Waals surface area contributed by atoms with E-state index < -0.39 is 6.04 Å². The van der Waals surface area contributed by atoms with Gasteiger partial charge in [0, 0.05) is 19.0 Å². The van der Waals surface area contributed by atoms with Crippen molar-refractivity contribution in [3.8, 4) is 0 Å². The number of halogens is 1. The average molecular weight is 265 g/mol. The Balaban J connectivity index is 0.00000256. The molecule has 1 saturated heterocycles. The molecule has 0 aliphatic carbocycles. The summed E-state index contributed by atoms with van der Waals surface area (Å²) in [5, 5.41) is 0. The van der Waals surface area contributed by atoms with Gasteiger partial charge in [0.2, 0.25) is 5.91 Å². The smallest absolute Gasteiger partial charge is 0.328 e. The van der Waals surface area contributed by atoms with E-state index in [1.54, 1.807) is 11.8 Å². The fraction of sp³-hybridized carbons (Fsp3) is 0.818. The molecule has 17 heavy (non-hydrogen) atoms. The summed E-state index contributed by atoms with van der Waals surface area (Å²) in [4.78, 5) is 25.0. The minimum atomic E-state index is -0.412. The summed E-state index contributed by atoms with van der Waals surface area (Å²) < 4.78 is 4.71. The Morgan fingerprint density at radius 2 is 2.12 bits per heavy atom. The zero-order chi connectivity index (χ0) is 12.1. The molecule has 1 heterocycles. The van der Waals surface area contributed by atoms with Crippen LogP contribution in [-0.4, -0.2) is 42.5 Å². The number of methoxy groups -OCH3 is 1. The van der Waals surface area contributed by atoms with E-state index in [1.807, 2.05) is 0 Å². The molecule has 1 rings (SSSR count). The van der Waals surface area contributed by atoms with Crippen LogP contribution in [0.3, 0.4) is 0 Å². The number of carbonyl (C=O) groups excluding carboxylic acids is 2. The number of esters is 1. The highest BCUT2D eigenvalue weighted by Gasteiger charge is 2.32. The normalized spacial score (nSPS) is 21.4. The largest absolute Gasteiger partial charge is 0.467 e. The fourth-order valence-corrected chi connectivity index (χ4v) is 2.00. The molecule has 0 aromatic heterocycles. The maximum Gasteiger partial charge on any atom is 0.328 e. The quantitative estimate of drug-likeness (QED) is 0.762. The van der Waals surface area contributed by atoms with Gasteiger partial charge in [-0.3, -0.25) is 4.79 Å². The van der Waals surface area contributed by atoms with Crippen LogP contribution in [0.1, 0.15) is 32.6 Å². The summed E-state index contributed by atoms with van der Waals surface area (Å²) in [6.45, 7) is 2.42. The molecule has 2 unspecified atom stereocenters. The van der Waals surface area contributed by atoms with Crippen LogP contribution in [0.4, 0.5) is 0 Å². The average Bonchev–Trinajstić information content (AvgIpc) is 2.27. The van der Waals surface area contributed by atoms with Gasteiger partial charge in [-0.25, -0.2) is 4.79 Å². The van der Waals surface area contributed by atoms with E-state index in [-0.39, 0.29) is 36.7 Å². The lowest BCUT2D eigenvalue weighted by Gasteiger charge is -2.34. The van der Waals surface area contributed by atoms with Crippen molar-refractivity contribution < 1.29 is 14.3 Å². The van der Waals surface area contributed by atoms with Gasteiger partial charge in [0.05, 0.1) is 7.11 Å². The number of piperidine rings is 1. The predicted molar refractivity (Wildman–Crippen MR) is 66.9 cm³/mol. The van der Waals surface area contributed by atoms with Gasteiger partial charge in [-0.15, -0.1) is 12.4 Å². The van der Waals surface area contributed by atoms with Gasteiger partial charge in [-0.1, -0.05) is 0 Å². The Morgan fingerprint density at radius 3 is 2.65 bits per heavy atom. The summed E-state index contributed by atoms with van der Waals surface area (Å²) >= 11 is 0.